The van der Waals surface area contributed by atoms with E-state index in [1.54, 1.807) is 11.3 Å². The maximum absolute atomic E-state index is 11.7. The van der Waals surface area contributed by atoms with Crippen LogP contribution >= 0.6 is 11.3 Å². The summed E-state index contributed by atoms with van der Waals surface area (Å²) in [6.07, 6.45) is 2.72. The van der Waals surface area contributed by atoms with Gasteiger partial charge in [0.2, 0.25) is 0 Å². The number of aryl methyl sites for hydroxylation is 1. The lowest BCUT2D eigenvalue weighted by atomic mass is 9.83. The number of thiazole rings is 1. The van der Waals surface area contributed by atoms with Crippen molar-refractivity contribution in [3.05, 3.63) is 16.1 Å². The normalized spacial score (nSPS) is 17.5. The SMILES string of the molecule is CCCc1csc(CC2(C(=O)OC)COC2)n1. The third kappa shape index (κ3) is 2.50. The molecule has 2 heterocycles. The zero-order chi connectivity index (χ0) is 12.3. The highest BCUT2D eigenvalue weighted by Crippen LogP contribution is 2.34. The summed E-state index contributed by atoms with van der Waals surface area (Å²) in [6.45, 7) is 3.03. The van der Waals surface area contributed by atoms with Gasteiger partial charge >= 0.3 is 5.97 Å². The summed E-state index contributed by atoms with van der Waals surface area (Å²) in [5, 5.41) is 3.07. The summed E-state index contributed by atoms with van der Waals surface area (Å²) in [5.41, 5.74) is 0.628. The molecule has 0 saturated carbocycles. The molecule has 0 amide bonds. The molecule has 0 N–H and O–H groups in total. The first-order chi connectivity index (χ1) is 8.20. The minimum atomic E-state index is -0.490. The van der Waals surface area contributed by atoms with Crippen molar-refractivity contribution >= 4 is 17.3 Å². The zero-order valence-corrected chi connectivity index (χ0v) is 11.0. The van der Waals surface area contributed by atoms with E-state index in [4.69, 9.17) is 9.47 Å². The highest BCUT2D eigenvalue weighted by Gasteiger charge is 2.47. The summed E-state index contributed by atoms with van der Waals surface area (Å²) in [5.74, 6) is -0.184. The number of hydrogen-bond donors (Lipinski definition) is 0. The van der Waals surface area contributed by atoms with Crippen LogP contribution < -0.4 is 0 Å². The Bertz CT molecular complexity index is 398. The predicted molar refractivity (Wildman–Crippen MR) is 65.1 cm³/mol. The standard InChI is InChI=1S/C12H17NO3S/c1-3-4-9-6-17-10(13-9)5-12(7-16-8-12)11(14)15-2/h6H,3-5,7-8H2,1-2H3. The lowest BCUT2D eigenvalue weighted by molar-refractivity contribution is -0.182. The average Bonchev–Trinajstić information content (AvgIpc) is 2.70. The van der Waals surface area contributed by atoms with Gasteiger partial charge in [-0.15, -0.1) is 11.3 Å². The summed E-state index contributed by atoms with van der Waals surface area (Å²) >= 11 is 1.62. The highest BCUT2D eigenvalue weighted by molar-refractivity contribution is 7.09. The average molecular weight is 255 g/mol. The Kier molecular flexibility index (Phi) is 3.79. The molecule has 1 aliphatic rings. The molecule has 0 spiro atoms. The second-order valence-electron chi connectivity index (χ2n) is 4.42. The fourth-order valence-electron chi connectivity index (χ4n) is 1.95. The van der Waals surface area contributed by atoms with Crippen LogP contribution in [0.15, 0.2) is 5.38 Å². The fraction of sp³-hybridized carbons (Fsp3) is 0.667. The maximum Gasteiger partial charge on any atom is 0.316 e. The van der Waals surface area contributed by atoms with Gasteiger partial charge in [-0.2, -0.15) is 0 Å². The van der Waals surface area contributed by atoms with Crippen LogP contribution in [0.2, 0.25) is 0 Å². The van der Waals surface area contributed by atoms with Crippen molar-refractivity contribution in [2.75, 3.05) is 20.3 Å². The molecule has 1 fully saturated rings. The van der Waals surface area contributed by atoms with Crippen LogP contribution in [0.4, 0.5) is 0 Å². The molecule has 0 bridgehead atoms. The first-order valence-electron chi connectivity index (χ1n) is 5.79. The molecule has 0 unspecified atom stereocenters. The van der Waals surface area contributed by atoms with E-state index in [0.29, 0.717) is 19.6 Å². The Hall–Kier alpha value is -0.940. The van der Waals surface area contributed by atoms with Gasteiger partial charge in [-0.05, 0) is 6.42 Å². The number of esters is 1. The molecule has 94 valence electrons. The van der Waals surface area contributed by atoms with Crippen molar-refractivity contribution in [3.8, 4) is 0 Å². The molecule has 0 atom stereocenters. The van der Waals surface area contributed by atoms with Crippen molar-refractivity contribution < 1.29 is 14.3 Å². The molecular formula is C12H17NO3S. The molecule has 0 radical (unpaired) electrons. The number of rotatable bonds is 5. The molecule has 1 aromatic rings. The van der Waals surface area contributed by atoms with E-state index in [1.807, 2.05) is 0 Å². The Morgan fingerprint density at radius 1 is 1.65 bits per heavy atom. The van der Waals surface area contributed by atoms with E-state index in [0.717, 1.165) is 23.5 Å². The van der Waals surface area contributed by atoms with Crippen molar-refractivity contribution in [1.29, 1.82) is 0 Å². The van der Waals surface area contributed by atoms with E-state index in [-0.39, 0.29) is 5.97 Å². The van der Waals surface area contributed by atoms with Crippen LogP contribution in [0.5, 0.6) is 0 Å². The number of aromatic nitrogens is 1. The Morgan fingerprint density at radius 2 is 2.41 bits per heavy atom. The van der Waals surface area contributed by atoms with Crippen LogP contribution in [-0.2, 0) is 27.1 Å². The number of nitrogens with zero attached hydrogens (tertiary/aromatic N) is 1. The molecule has 0 aliphatic carbocycles. The third-order valence-electron chi connectivity index (χ3n) is 2.97. The molecule has 1 aliphatic heterocycles. The topological polar surface area (TPSA) is 48.4 Å². The Labute approximate surface area is 105 Å². The van der Waals surface area contributed by atoms with Crippen molar-refractivity contribution in [2.45, 2.75) is 26.2 Å². The second-order valence-corrected chi connectivity index (χ2v) is 5.37. The van der Waals surface area contributed by atoms with E-state index in [9.17, 15) is 4.79 Å². The van der Waals surface area contributed by atoms with Crippen LogP contribution in [0.1, 0.15) is 24.0 Å². The molecule has 1 aromatic heterocycles. The predicted octanol–water partition coefficient (Wildman–Crippen LogP) is 1.83. The largest absolute Gasteiger partial charge is 0.468 e. The lowest BCUT2D eigenvalue weighted by Crippen LogP contribution is -2.51. The van der Waals surface area contributed by atoms with Crippen molar-refractivity contribution in [3.63, 3.8) is 0 Å². The summed E-state index contributed by atoms with van der Waals surface area (Å²) in [6, 6.07) is 0. The van der Waals surface area contributed by atoms with E-state index in [2.05, 4.69) is 17.3 Å². The van der Waals surface area contributed by atoms with Gasteiger partial charge in [0.1, 0.15) is 5.41 Å². The summed E-state index contributed by atoms with van der Waals surface area (Å²) in [4.78, 5) is 16.3. The van der Waals surface area contributed by atoms with Gasteiger partial charge in [0.15, 0.2) is 0 Å². The third-order valence-corrected chi connectivity index (χ3v) is 3.87. The van der Waals surface area contributed by atoms with Gasteiger partial charge in [0.05, 0.1) is 31.0 Å². The van der Waals surface area contributed by atoms with Crippen LogP contribution in [-0.4, -0.2) is 31.3 Å². The molecule has 2 rings (SSSR count). The molecule has 4 nitrogen and oxygen atoms in total. The van der Waals surface area contributed by atoms with Crippen LogP contribution in [0.3, 0.4) is 0 Å². The second kappa shape index (κ2) is 5.14. The van der Waals surface area contributed by atoms with Gasteiger partial charge in [0.25, 0.3) is 0 Å². The first kappa shape index (κ1) is 12.5. The number of hydrogen-bond acceptors (Lipinski definition) is 5. The van der Waals surface area contributed by atoms with Crippen LogP contribution in [0, 0.1) is 5.41 Å². The van der Waals surface area contributed by atoms with E-state index >= 15 is 0 Å². The molecule has 17 heavy (non-hydrogen) atoms. The van der Waals surface area contributed by atoms with Gasteiger partial charge in [-0.1, -0.05) is 13.3 Å². The number of carbonyl (C=O) groups is 1. The van der Waals surface area contributed by atoms with Crippen LogP contribution in [0.25, 0.3) is 0 Å². The van der Waals surface area contributed by atoms with Gasteiger partial charge in [-0.25, -0.2) is 4.98 Å². The number of carbonyl (C=O) groups excluding carboxylic acids is 1. The smallest absolute Gasteiger partial charge is 0.316 e. The zero-order valence-electron chi connectivity index (χ0n) is 10.2. The number of methoxy groups -OCH3 is 1. The van der Waals surface area contributed by atoms with Crippen molar-refractivity contribution in [1.82, 2.24) is 4.98 Å². The van der Waals surface area contributed by atoms with Gasteiger partial charge in [0, 0.05) is 11.8 Å². The Morgan fingerprint density at radius 3 is 2.94 bits per heavy atom. The minimum Gasteiger partial charge on any atom is -0.468 e. The summed E-state index contributed by atoms with van der Waals surface area (Å²) in [7, 11) is 1.42. The fourth-order valence-corrected chi connectivity index (χ4v) is 2.92. The molecule has 1 saturated heterocycles. The van der Waals surface area contributed by atoms with Gasteiger partial charge < -0.3 is 9.47 Å². The minimum absolute atomic E-state index is 0.184. The number of ether oxygens (including phenoxy) is 2. The monoisotopic (exact) mass is 255 g/mol. The molecule has 5 heteroatoms. The van der Waals surface area contributed by atoms with Crippen molar-refractivity contribution in [2.24, 2.45) is 5.41 Å². The molecular weight excluding hydrogens is 238 g/mol. The Balaban J connectivity index is 2.05. The van der Waals surface area contributed by atoms with E-state index < -0.39 is 5.41 Å². The van der Waals surface area contributed by atoms with E-state index in [1.165, 1.54) is 7.11 Å². The maximum atomic E-state index is 11.7. The molecule has 0 aromatic carbocycles. The first-order valence-corrected chi connectivity index (χ1v) is 6.67. The highest BCUT2D eigenvalue weighted by atomic mass is 32.1. The van der Waals surface area contributed by atoms with Gasteiger partial charge in [-0.3, -0.25) is 4.79 Å². The quantitative estimate of drug-likeness (QED) is 0.753. The lowest BCUT2D eigenvalue weighted by Gasteiger charge is -2.37. The summed E-state index contributed by atoms with van der Waals surface area (Å²) < 4.78 is 10.0.